The predicted molar refractivity (Wildman–Crippen MR) is 120 cm³/mol. The number of pyridine rings is 1. The maximum absolute atomic E-state index is 13.3. The molecule has 0 saturated carbocycles. The van der Waals surface area contributed by atoms with Gasteiger partial charge in [0.05, 0.1) is 0 Å². The van der Waals surface area contributed by atoms with Crippen LogP contribution in [0.25, 0.3) is 0 Å². The van der Waals surface area contributed by atoms with Gasteiger partial charge in [0.1, 0.15) is 22.3 Å². The summed E-state index contributed by atoms with van der Waals surface area (Å²) in [5.74, 6) is -1.37. The molecule has 2 aromatic rings. The number of sulfonamides is 1. The smallest absolute Gasteiger partial charge is 0.246 e. The third kappa shape index (κ3) is 5.50. The molecule has 33 heavy (non-hydrogen) atoms. The van der Waals surface area contributed by atoms with E-state index < -0.39 is 21.7 Å². The van der Waals surface area contributed by atoms with Gasteiger partial charge in [0.15, 0.2) is 0 Å². The number of nitrogens with zero attached hydrogens (tertiary/aromatic N) is 3. The molecular weight excluding hydrogens is 450 g/mol. The summed E-state index contributed by atoms with van der Waals surface area (Å²) < 4.78 is 54.7. The molecule has 0 radical (unpaired) electrons. The lowest BCUT2D eigenvalue weighted by atomic mass is 9.96. The van der Waals surface area contributed by atoms with E-state index in [0.29, 0.717) is 50.4 Å². The molecule has 2 aliphatic heterocycles. The second-order valence-corrected chi connectivity index (χ2v) is 10.5. The topological polar surface area (TPSA) is 82.6 Å². The van der Waals surface area contributed by atoms with Crippen molar-refractivity contribution < 1.29 is 22.0 Å². The van der Waals surface area contributed by atoms with Crippen molar-refractivity contribution >= 4 is 21.7 Å². The van der Waals surface area contributed by atoms with Crippen molar-refractivity contribution in [3.05, 3.63) is 53.7 Å². The highest BCUT2D eigenvalue weighted by atomic mass is 32.2. The molecule has 1 aromatic carbocycles. The minimum atomic E-state index is -3.63. The number of amides is 1. The molecule has 178 valence electrons. The Morgan fingerprint density at radius 3 is 2.36 bits per heavy atom. The maximum Gasteiger partial charge on any atom is 0.246 e. The zero-order chi connectivity index (χ0) is 23.4. The highest BCUT2D eigenvalue weighted by Crippen LogP contribution is 2.30. The van der Waals surface area contributed by atoms with E-state index in [4.69, 9.17) is 0 Å². The van der Waals surface area contributed by atoms with Gasteiger partial charge in [-0.05, 0) is 55.5 Å². The first-order valence-corrected chi connectivity index (χ1v) is 12.7. The molecule has 1 aromatic heterocycles. The van der Waals surface area contributed by atoms with Gasteiger partial charge < -0.3 is 10.2 Å². The highest BCUT2D eigenvalue weighted by Gasteiger charge is 2.32. The quantitative estimate of drug-likeness (QED) is 0.690. The van der Waals surface area contributed by atoms with Crippen LogP contribution in [0.2, 0.25) is 0 Å². The lowest BCUT2D eigenvalue weighted by molar-refractivity contribution is -0.125. The van der Waals surface area contributed by atoms with Gasteiger partial charge in [-0.2, -0.15) is 4.31 Å². The van der Waals surface area contributed by atoms with Crippen molar-refractivity contribution in [2.75, 3.05) is 31.1 Å². The molecule has 0 aliphatic carbocycles. The minimum Gasteiger partial charge on any atom is -0.355 e. The molecule has 10 heteroatoms. The van der Waals surface area contributed by atoms with Crippen LogP contribution in [0, 0.1) is 17.6 Å². The molecule has 2 saturated heterocycles. The van der Waals surface area contributed by atoms with Crippen LogP contribution in [0.1, 0.15) is 37.7 Å². The summed E-state index contributed by atoms with van der Waals surface area (Å²) in [6.45, 7) is 2.08. The first kappa shape index (κ1) is 23.6. The summed E-state index contributed by atoms with van der Waals surface area (Å²) in [6.07, 6.45) is 5.40. The molecule has 2 fully saturated rings. The van der Waals surface area contributed by atoms with E-state index >= 15 is 0 Å². The van der Waals surface area contributed by atoms with E-state index in [1.807, 2.05) is 4.90 Å². The molecule has 3 heterocycles. The lowest BCUT2D eigenvalue weighted by Crippen LogP contribution is -2.42. The maximum atomic E-state index is 13.3. The van der Waals surface area contributed by atoms with E-state index in [1.54, 1.807) is 18.3 Å². The summed E-state index contributed by atoms with van der Waals surface area (Å²) in [7, 11) is -3.63. The van der Waals surface area contributed by atoms with Crippen LogP contribution in [0.3, 0.4) is 0 Å². The largest absolute Gasteiger partial charge is 0.355 e. The number of anilines is 1. The van der Waals surface area contributed by atoms with Crippen LogP contribution in [0.15, 0.2) is 41.4 Å². The van der Waals surface area contributed by atoms with E-state index in [1.165, 1.54) is 16.4 Å². The number of rotatable bonds is 6. The number of hydrogen-bond acceptors (Lipinski definition) is 5. The number of carbonyl (C=O) groups is 1. The van der Waals surface area contributed by atoms with Gasteiger partial charge in [0, 0.05) is 50.9 Å². The molecule has 7 nitrogen and oxygen atoms in total. The number of aromatic nitrogens is 1. The van der Waals surface area contributed by atoms with Gasteiger partial charge in [-0.1, -0.05) is 6.42 Å². The average Bonchev–Trinajstić information content (AvgIpc) is 2.82. The van der Waals surface area contributed by atoms with Crippen molar-refractivity contribution in [2.45, 2.75) is 43.5 Å². The Hall–Kier alpha value is -2.59. The lowest BCUT2D eigenvalue weighted by Gasteiger charge is -2.34. The van der Waals surface area contributed by atoms with Crippen molar-refractivity contribution in [3.63, 3.8) is 0 Å². The molecule has 1 N–H and O–H groups in total. The summed E-state index contributed by atoms with van der Waals surface area (Å²) in [5.41, 5.74) is 0.360. The van der Waals surface area contributed by atoms with Gasteiger partial charge >= 0.3 is 0 Å². The van der Waals surface area contributed by atoms with Crippen LogP contribution in [0.4, 0.5) is 14.6 Å². The zero-order valence-corrected chi connectivity index (χ0v) is 19.2. The third-order valence-corrected chi connectivity index (χ3v) is 8.16. The van der Waals surface area contributed by atoms with Crippen molar-refractivity contribution in [2.24, 2.45) is 5.92 Å². The molecule has 1 amide bonds. The Bertz CT molecular complexity index is 1080. The number of halogens is 2. The Kier molecular flexibility index (Phi) is 7.23. The minimum absolute atomic E-state index is 0.0478. The third-order valence-electron chi connectivity index (χ3n) is 6.24. The Balaban J connectivity index is 1.38. The molecule has 4 rings (SSSR count). The van der Waals surface area contributed by atoms with Crippen LogP contribution in [0.5, 0.6) is 0 Å². The normalized spacial score (nSPS) is 18.3. The fraction of sp³-hybridized carbons (Fsp3) is 0.478. The number of carbonyl (C=O) groups excluding carboxylic acids is 1. The van der Waals surface area contributed by atoms with Gasteiger partial charge in [0.25, 0.3) is 0 Å². The number of nitrogens with one attached hydrogen (secondary N) is 1. The number of piperidine rings is 2. The van der Waals surface area contributed by atoms with Crippen LogP contribution >= 0.6 is 0 Å². The standard InChI is InChI=1S/C23H28F2N4O3S/c24-19-13-17(14-20(25)15-19)16-27-23(30)18-6-11-28(12-7-18)22-21(5-4-8-26-22)33(31,32)29-9-2-1-3-10-29/h4-5,8,13-15,18H,1-3,6-7,9-12,16H2,(H,27,30). The van der Waals surface area contributed by atoms with E-state index in [9.17, 15) is 22.0 Å². The van der Waals surface area contributed by atoms with Gasteiger partial charge in [0.2, 0.25) is 15.9 Å². The van der Waals surface area contributed by atoms with Gasteiger partial charge in [-0.25, -0.2) is 22.2 Å². The molecule has 0 unspecified atom stereocenters. The molecule has 0 atom stereocenters. The van der Waals surface area contributed by atoms with Gasteiger partial charge in [-0.15, -0.1) is 0 Å². The van der Waals surface area contributed by atoms with Crippen LogP contribution in [-0.2, 0) is 21.4 Å². The molecule has 0 bridgehead atoms. The monoisotopic (exact) mass is 478 g/mol. The predicted octanol–water partition coefficient (Wildman–Crippen LogP) is 3.07. The number of hydrogen-bond donors (Lipinski definition) is 1. The Morgan fingerprint density at radius 1 is 1.03 bits per heavy atom. The van der Waals surface area contributed by atoms with Crippen molar-refractivity contribution in [3.8, 4) is 0 Å². The first-order valence-electron chi connectivity index (χ1n) is 11.3. The zero-order valence-electron chi connectivity index (χ0n) is 18.3. The van der Waals surface area contributed by atoms with Crippen molar-refractivity contribution in [1.82, 2.24) is 14.6 Å². The SMILES string of the molecule is O=C(NCc1cc(F)cc(F)c1)C1CCN(c2ncccc2S(=O)(=O)N2CCCCC2)CC1. The highest BCUT2D eigenvalue weighted by molar-refractivity contribution is 7.89. The molecular formula is C23H28F2N4O3S. The van der Waals surface area contributed by atoms with Crippen molar-refractivity contribution in [1.29, 1.82) is 0 Å². The number of benzene rings is 1. The van der Waals surface area contributed by atoms with Gasteiger partial charge in [-0.3, -0.25) is 4.79 Å². The Labute approximate surface area is 192 Å². The second-order valence-electron chi connectivity index (χ2n) is 8.55. The average molecular weight is 479 g/mol. The van der Waals surface area contributed by atoms with E-state index in [2.05, 4.69) is 10.3 Å². The Morgan fingerprint density at radius 2 is 1.70 bits per heavy atom. The fourth-order valence-corrected chi connectivity index (χ4v) is 6.15. The fourth-order valence-electron chi connectivity index (χ4n) is 4.47. The summed E-state index contributed by atoms with van der Waals surface area (Å²) >= 11 is 0. The first-order chi connectivity index (χ1) is 15.8. The summed E-state index contributed by atoms with van der Waals surface area (Å²) in [4.78, 5) is 19.1. The molecule has 0 spiro atoms. The van der Waals surface area contributed by atoms with E-state index in [0.717, 1.165) is 25.3 Å². The molecule has 2 aliphatic rings. The van der Waals surface area contributed by atoms with Crippen LogP contribution in [-0.4, -0.2) is 49.8 Å². The van der Waals surface area contributed by atoms with Crippen LogP contribution < -0.4 is 10.2 Å². The van der Waals surface area contributed by atoms with E-state index in [-0.39, 0.29) is 23.3 Å². The summed E-state index contributed by atoms with van der Waals surface area (Å²) in [6, 6.07) is 6.41. The summed E-state index contributed by atoms with van der Waals surface area (Å²) in [5, 5.41) is 2.75. The second kappa shape index (κ2) is 10.1.